The molecule has 0 saturated heterocycles. The van der Waals surface area contributed by atoms with Crippen LogP contribution in [-0.2, 0) is 0 Å². The quantitative estimate of drug-likeness (QED) is 0.819. The fourth-order valence-electron chi connectivity index (χ4n) is 1.53. The van der Waals surface area contributed by atoms with E-state index in [1.165, 1.54) is 17.6 Å². The number of nitrogens with one attached hydrogen (secondary N) is 2. The molecule has 2 N–H and O–H groups in total. The highest BCUT2D eigenvalue weighted by Gasteiger charge is 2.10. The maximum absolute atomic E-state index is 11.8. The van der Waals surface area contributed by atoms with Crippen LogP contribution in [0.1, 0.15) is 25.8 Å². The monoisotopic (exact) mass is 278 g/mol. The number of hydrogen-bond acceptors (Lipinski definition) is 4. The van der Waals surface area contributed by atoms with E-state index < -0.39 is 0 Å². The Morgan fingerprint density at radius 2 is 1.95 bits per heavy atom. The van der Waals surface area contributed by atoms with Crippen molar-refractivity contribution in [2.45, 2.75) is 6.92 Å². The van der Waals surface area contributed by atoms with Crippen LogP contribution >= 0.6 is 11.3 Å². The molecule has 0 spiro atoms. The second-order valence-electron chi connectivity index (χ2n) is 3.92. The van der Waals surface area contributed by atoms with Crippen molar-refractivity contribution in [3.05, 3.63) is 46.0 Å². The molecule has 2 aromatic heterocycles. The van der Waals surface area contributed by atoms with Gasteiger partial charge in [-0.25, -0.2) is 0 Å². The Labute approximate surface area is 114 Å². The number of amides is 2. The molecule has 6 heteroatoms. The Balaban J connectivity index is 1.71. The van der Waals surface area contributed by atoms with Crippen LogP contribution in [0.5, 0.6) is 0 Å². The molecule has 2 amide bonds. The third-order valence-electron chi connectivity index (χ3n) is 2.51. The number of thiophene rings is 1. The molecule has 0 saturated carbocycles. The Morgan fingerprint density at radius 3 is 2.53 bits per heavy atom. The lowest BCUT2D eigenvalue weighted by atomic mass is 10.3. The first kappa shape index (κ1) is 13.4. The van der Waals surface area contributed by atoms with Crippen molar-refractivity contribution in [3.63, 3.8) is 0 Å². The molecule has 0 aliphatic heterocycles. The molecule has 0 unspecified atom stereocenters. The minimum absolute atomic E-state index is 0.111. The van der Waals surface area contributed by atoms with E-state index in [2.05, 4.69) is 10.6 Å². The lowest BCUT2D eigenvalue weighted by Gasteiger charge is -2.05. The van der Waals surface area contributed by atoms with Crippen LogP contribution in [0.2, 0.25) is 0 Å². The number of carbonyl (C=O) groups excluding carboxylic acids is 2. The topological polar surface area (TPSA) is 71.3 Å². The maximum atomic E-state index is 11.8. The van der Waals surface area contributed by atoms with Gasteiger partial charge in [-0.3, -0.25) is 9.59 Å². The van der Waals surface area contributed by atoms with Crippen LogP contribution in [0.4, 0.5) is 0 Å². The zero-order valence-electron chi connectivity index (χ0n) is 10.4. The number of carbonyl (C=O) groups is 2. The van der Waals surface area contributed by atoms with E-state index in [-0.39, 0.29) is 17.6 Å². The smallest absolute Gasteiger partial charge is 0.287 e. The summed E-state index contributed by atoms with van der Waals surface area (Å²) in [5.74, 6) is -0.133. The molecule has 0 bridgehead atoms. The molecule has 2 aromatic rings. The van der Waals surface area contributed by atoms with Crippen LogP contribution < -0.4 is 10.6 Å². The molecule has 0 aromatic carbocycles. The fourth-order valence-corrected chi connectivity index (χ4v) is 2.37. The van der Waals surface area contributed by atoms with E-state index in [1.54, 1.807) is 12.1 Å². The van der Waals surface area contributed by atoms with Gasteiger partial charge in [0.15, 0.2) is 5.76 Å². The van der Waals surface area contributed by atoms with Crippen molar-refractivity contribution >= 4 is 23.2 Å². The lowest BCUT2D eigenvalue weighted by molar-refractivity contribution is 0.0911. The molecule has 5 nitrogen and oxygen atoms in total. The molecule has 0 radical (unpaired) electrons. The first-order chi connectivity index (χ1) is 9.18. The highest BCUT2D eigenvalue weighted by Crippen LogP contribution is 2.14. The summed E-state index contributed by atoms with van der Waals surface area (Å²) >= 11 is 1.41. The van der Waals surface area contributed by atoms with Crippen LogP contribution in [0.15, 0.2) is 34.3 Å². The van der Waals surface area contributed by atoms with Crippen molar-refractivity contribution in [2.75, 3.05) is 13.1 Å². The first-order valence-corrected chi connectivity index (χ1v) is 6.70. The van der Waals surface area contributed by atoms with E-state index >= 15 is 0 Å². The van der Waals surface area contributed by atoms with Gasteiger partial charge in [0.05, 0.1) is 11.1 Å². The van der Waals surface area contributed by atoms with E-state index in [0.717, 1.165) is 5.56 Å². The minimum atomic E-state index is -0.286. The molecule has 0 aliphatic rings. The molecule has 2 rings (SSSR count). The van der Waals surface area contributed by atoms with Gasteiger partial charge >= 0.3 is 0 Å². The summed E-state index contributed by atoms with van der Waals surface area (Å²) in [6, 6.07) is 5.14. The Morgan fingerprint density at radius 1 is 1.21 bits per heavy atom. The molecule has 19 heavy (non-hydrogen) atoms. The van der Waals surface area contributed by atoms with Crippen molar-refractivity contribution < 1.29 is 14.0 Å². The van der Waals surface area contributed by atoms with Crippen molar-refractivity contribution in [1.82, 2.24) is 10.6 Å². The third-order valence-corrected chi connectivity index (χ3v) is 3.52. The molecule has 100 valence electrons. The minimum Gasteiger partial charge on any atom is -0.459 e. The summed E-state index contributed by atoms with van der Waals surface area (Å²) in [7, 11) is 0. The number of hydrogen-bond donors (Lipinski definition) is 2. The molecule has 0 atom stereocenters. The zero-order valence-corrected chi connectivity index (χ0v) is 11.3. The van der Waals surface area contributed by atoms with E-state index in [4.69, 9.17) is 4.42 Å². The van der Waals surface area contributed by atoms with Gasteiger partial charge in [-0.05, 0) is 36.1 Å². The highest BCUT2D eigenvalue weighted by molar-refractivity contribution is 7.12. The van der Waals surface area contributed by atoms with Gasteiger partial charge in [0, 0.05) is 13.1 Å². The van der Waals surface area contributed by atoms with Crippen LogP contribution in [0, 0.1) is 6.92 Å². The third kappa shape index (κ3) is 3.45. The predicted molar refractivity (Wildman–Crippen MR) is 72.4 cm³/mol. The number of rotatable bonds is 5. The van der Waals surface area contributed by atoms with E-state index in [1.807, 2.05) is 18.4 Å². The van der Waals surface area contributed by atoms with Gasteiger partial charge in [0.1, 0.15) is 0 Å². The van der Waals surface area contributed by atoms with Crippen molar-refractivity contribution in [2.24, 2.45) is 0 Å². The van der Waals surface area contributed by atoms with Crippen LogP contribution in [0.3, 0.4) is 0 Å². The van der Waals surface area contributed by atoms with Crippen molar-refractivity contribution in [3.8, 4) is 0 Å². The van der Waals surface area contributed by atoms with Crippen LogP contribution in [-0.4, -0.2) is 24.9 Å². The van der Waals surface area contributed by atoms with Gasteiger partial charge < -0.3 is 15.1 Å². The van der Waals surface area contributed by atoms with Gasteiger partial charge in [0.25, 0.3) is 11.8 Å². The van der Waals surface area contributed by atoms with Gasteiger partial charge in [-0.15, -0.1) is 11.3 Å². The molecular formula is C13H14N2O3S. The normalized spacial score (nSPS) is 10.2. The SMILES string of the molecule is Cc1ccsc1C(=O)NCCNC(=O)c1ccco1. The zero-order chi connectivity index (χ0) is 13.7. The van der Waals surface area contributed by atoms with Crippen LogP contribution in [0.25, 0.3) is 0 Å². The standard InChI is InChI=1S/C13H14N2O3S/c1-9-4-8-19-11(9)13(17)15-6-5-14-12(16)10-3-2-7-18-10/h2-4,7-8H,5-6H2,1H3,(H,14,16)(H,15,17). The average Bonchev–Trinajstić information content (AvgIpc) is 3.04. The van der Waals surface area contributed by atoms with E-state index in [9.17, 15) is 9.59 Å². The fraction of sp³-hybridized carbons (Fsp3) is 0.231. The summed E-state index contributed by atoms with van der Waals surface area (Å²) in [4.78, 5) is 24.0. The maximum Gasteiger partial charge on any atom is 0.287 e. The van der Waals surface area contributed by atoms with E-state index in [0.29, 0.717) is 18.0 Å². The Hall–Kier alpha value is -2.08. The second kappa shape index (κ2) is 6.19. The second-order valence-corrected chi connectivity index (χ2v) is 4.84. The lowest BCUT2D eigenvalue weighted by Crippen LogP contribution is -2.34. The van der Waals surface area contributed by atoms with Crippen molar-refractivity contribution in [1.29, 1.82) is 0 Å². The highest BCUT2D eigenvalue weighted by atomic mass is 32.1. The summed E-state index contributed by atoms with van der Waals surface area (Å²) in [5, 5.41) is 7.29. The van der Waals surface area contributed by atoms with Gasteiger partial charge in [0.2, 0.25) is 0 Å². The predicted octanol–water partition coefficient (Wildman–Crippen LogP) is 1.81. The molecule has 0 aliphatic carbocycles. The summed E-state index contributed by atoms with van der Waals surface area (Å²) in [6.07, 6.45) is 1.44. The summed E-state index contributed by atoms with van der Waals surface area (Å²) < 4.78 is 4.95. The summed E-state index contributed by atoms with van der Waals surface area (Å²) in [5.41, 5.74) is 0.960. The van der Waals surface area contributed by atoms with Gasteiger partial charge in [-0.2, -0.15) is 0 Å². The summed E-state index contributed by atoms with van der Waals surface area (Å²) in [6.45, 7) is 2.63. The molecular weight excluding hydrogens is 264 g/mol. The molecule has 2 heterocycles. The Bertz CT molecular complexity index is 560. The molecule has 0 fully saturated rings. The Kier molecular flexibility index (Phi) is 4.35. The number of aryl methyl sites for hydroxylation is 1. The average molecular weight is 278 g/mol. The van der Waals surface area contributed by atoms with Gasteiger partial charge in [-0.1, -0.05) is 0 Å². The largest absolute Gasteiger partial charge is 0.459 e. The first-order valence-electron chi connectivity index (χ1n) is 5.82. The number of furan rings is 1.